The molecule has 3 N–H and O–H groups in total. The van der Waals surface area contributed by atoms with Gasteiger partial charge in [-0.25, -0.2) is 0 Å². The predicted molar refractivity (Wildman–Crippen MR) is 69.6 cm³/mol. The van der Waals surface area contributed by atoms with Crippen LogP contribution in [0, 0.1) is 0 Å². The van der Waals surface area contributed by atoms with Gasteiger partial charge in [0.2, 0.25) is 0 Å². The molecule has 100 valence electrons. The van der Waals surface area contributed by atoms with Crippen LogP contribution in [0.25, 0.3) is 0 Å². The van der Waals surface area contributed by atoms with Gasteiger partial charge in [0.15, 0.2) is 0 Å². The molecule has 0 aliphatic rings. The van der Waals surface area contributed by atoms with Gasteiger partial charge in [0, 0.05) is 6.54 Å². The SMILES string of the molecule is Nc1cc(C(F)(F)F)ccc1NCc1ccccc1. The molecule has 0 bridgehead atoms. The Morgan fingerprint density at radius 2 is 1.68 bits per heavy atom. The first kappa shape index (κ1) is 13.3. The highest BCUT2D eigenvalue weighted by molar-refractivity contribution is 5.67. The number of rotatable bonds is 3. The number of anilines is 2. The fourth-order valence-corrected chi connectivity index (χ4v) is 1.69. The van der Waals surface area contributed by atoms with Crippen LogP contribution in [0.1, 0.15) is 11.1 Å². The number of alkyl halides is 3. The van der Waals surface area contributed by atoms with E-state index in [9.17, 15) is 13.2 Å². The van der Waals surface area contributed by atoms with Crippen molar-refractivity contribution in [2.75, 3.05) is 11.1 Å². The van der Waals surface area contributed by atoms with Gasteiger partial charge in [0.1, 0.15) is 0 Å². The first-order chi connectivity index (χ1) is 8.97. The normalized spacial score (nSPS) is 11.3. The predicted octanol–water partition coefficient (Wildman–Crippen LogP) is 3.90. The minimum Gasteiger partial charge on any atom is -0.397 e. The number of nitrogen functional groups attached to an aromatic ring is 1. The zero-order chi connectivity index (χ0) is 13.9. The summed E-state index contributed by atoms with van der Waals surface area (Å²) < 4.78 is 37.4. The van der Waals surface area contributed by atoms with E-state index in [1.165, 1.54) is 6.07 Å². The van der Waals surface area contributed by atoms with Crippen LogP contribution in [-0.2, 0) is 12.7 Å². The fraction of sp³-hybridized carbons (Fsp3) is 0.143. The molecule has 0 aliphatic carbocycles. The second-order valence-electron chi connectivity index (χ2n) is 4.14. The monoisotopic (exact) mass is 266 g/mol. The Balaban J connectivity index is 2.10. The Morgan fingerprint density at radius 3 is 2.26 bits per heavy atom. The molecule has 0 saturated heterocycles. The van der Waals surface area contributed by atoms with Crippen LogP contribution >= 0.6 is 0 Å². The van der Waals surface area contributed by atoms with E-state index in [1.54, 1.807) is 0 Å². The van der Waals surface area contributed by atoms with Gasteiger partial charge in [0.05, 0.1) is 16.9 Å². The summed E-state index contributed by atoms with van der Waals surface area (Å²) in [6.45, 7) is 0.510. The number of nitrogens with one attached hydrogen (secondary N) is 1. The van der Waals surface area contributed by atoms with Crippen molar-refractivity contribution in [3.63, 3.8) is 0 Å². The minimum absolute atomic E-state index is 0.0887. The molecule has 2 aromatic carbocycles. The van der Waals surface area contributed by atoms with Gasteiger partial charge in [-0.05, 0) is 23.8 Å². The molecule has 0 atom stereocenters. The van der Waals surface area contributed by atoms with Gasteiger partial charge in [-0.3, -0.25) is 0 Å². The van der Waals surface area contributed by atoms with Gasteiger partial charge >= 0.3 is 6.18 Å². The quantitative estimate of drug-likeness (QED) is 0.827. The Labute approximate surface area is 109 Å². The average molecular weight is 266 g/mol. The van der Waals surface area contributed by atoms with Crippen LogP contribution in [0.15, 0.2) is 48.5 Å². The molecule has 0 fully saturated rings. The van der Waals surface area contributed by atoms with E-state index < -0.39 is 11.7 Å². The lowest BCUT2D eigenvalue weighted by Crippen LogP contribution is -2.08. The zero-order valence-electron chi connectivity index (χ0n) is 10.0. The molecule has 2 aromatic rings. The number of benzene rings is 2. The molecule has 0 unspecified atom stereocenters. The molecular formula is C14H13F3N2. The maximum atomic E-state index is 12.5. The molecule has 0 radical (unpaired) electrons. The molecule has 5 heteroatoms. The molecule has 2 nitrogen and oxygen atoms in total. The van der Waals surface area contributed by atoms with Crippen LogP contribution in [0.4, 0.5) is 24.5 Å². The summed E-state index contributed by atoms with van der Waals surface area (Å²) in [7, 11) is 0. The maximum absolute atomic E-state index is 12.5. The van der Waals surface area contributed by atoms with Crippen LogP contribution in [0.3, 0.4) is 0 Å². The highest BCUT2D eigenvalue weighted by Gasteiger charge is 2.30. The van der Waals surface area contributed by atoms with Gasteiger partial charge in [-0.2, -0.15) is 13.2 Å². The summed E-state index contributed by atoms with van der Waals surface area (Å²) in [6, 6.07) is 12.8. The highest BCUT2D eigenvalue weighted by atomic mass is 19.4. The number of nitrogens with two attached hydrogens (primary N) is 1. The first-order valence-electron chi connectivity index (χ1n) is 5.71. The van der Waals surface area contributed by atoms with Crippen molar-refractivity contribution < 1.29 is 13.2 Å². The van der Waals surface area contributed by atoms with Gasteiger partial charge in [0.25, 0.3) is 0 Å². The van der Waals surface area contributed by atoms with Gasteiger partial charge < -0.3 is 11.1 Å². The molecule has 0 heterocycles. The fourth-order valence-electron chi connectivity index (χ4n) is 1.69. The van der Waals surface area contributed by atoms with Crippen molar-refractivity contribution in [3.8, 4) is 0 Å². The summed E-state index contributed by atoms with van der Waals surface area (Å²) in [5, 5.41) is 3.02. The summed E-state index contributed by atoms with van der Waals surface area (Å²) in [5.74, 6) is 0. The van der Waals surface area contributed by atoms with Crippen molar-refractivity contribution in [1.29, 1.82) is 0 Å². The summed E-state index contributed by atoms with van der Waals surface area (Å²) in [6.07, 6.45) is -4.37. The molecule has 0 amide bonds. The lowest BCUT2D eigenvalue weighted by atomic mass is 10.1. The van der Waals surface area contributed by atoms with Crippen molar-refractivity contribution >= 4 is 11.4 Å². The van der Waals surface area contributed by atoms with Gasteiger partial charge in [-0.1, -0.05) is 30.3 Å². The largest absolute Gasteiger partial charge is 0.416 e. The van der Waals surface area contributed by atoms with Crippen LogP contribution in [0.2, 0.25) is 0 Å². The second-order valence-corrected chi connectivity index (χ2v) is 4.14. The van der Waals surface area contributed by atoms with Crippen LogP contribution < -0.4 is 11.1 Å². The molecule has 0 spiro atoms. The Kier molecular flexibility index (Phi) is 3.64. The third kappa shape index (κ3) is 3.40. The molecule has 0 aromatic heterocycles. The van der Waals surface area contributed by atoms with E-state index in [0.29, 0.717) is 12.2 Å². The van der Waals surface area contributed by atoms with Crippen LogP contribution in [-0.4, -0.2) is 0 Å². The third-order valence-electron chi connectivity index (χ3n) is 2.70. The number of hydrogen-bond donors (Lipinski definition) is 2. The summed E-state index contributed by atoms with van der Waals surface area (Å²) >= 11 is 0. The van der Waals surface area contributed by atoms with Crippen molar-refractivity contribution in [2.45, 2.75) is 12.7 Å². The van der Waals surface area contributed by atoms with Crippen LogP contribution in [0.5, 0.6) is 0 Å². The topological polar surface area (TPSA) is 38.0 Å². The maximum Gasteiger partial charge on any atom is 0.416 e. The second kappa shape index (κ2) is 5.22. The Bertz CT molecular complexity index is 550. The molecule has 0 aliphatic heterocycles. The number of halogens is 3. The number of hydrogen-bond acceptors (Lipinski definition) is 2. The first-order valence-corrected chi connectivity index (χ1v) is 5.71. The summed E-state index contributed by atoms with van der Waals surface area (Å²) in [4.78, 5) is 0. The van der Waals surface area contributed by atoms with E-state index in [-0.39, 0.29) is 5.69 Å². The molecular weight excluding hydrogens is 253 g/mol. The van der Waals surface area contributed by atoms with E-state index >= 15 is 0 Å². The van der Waals surface area contributed by atoms with E-state index in [2.05, 4.69) is 5.32 Å². The van der Waals surface area contributed by atoms with E-state index in [1.807, 2.05) is 30.3 Å². The molecule has 0 saturated carbocycles. The third-order valence-corrected chi connectivity index (χ3v) is 2.70. The Hall–Kier alpha value is -2.17. The highest BCUT2D eigenvalue weighted by Crippen LogP contribution is 2.32. The standard InChI is InChI=1S/C14H13F3N2/c15-14(16,17)11-6-7-13(12(18)8-11)19-9-10-4-2-1-3-5-10/h1-8,19H,9,18H2. The Morgan fingerprint density at radius 1 is 1.00 bits per heavy atom. The van der Waals surface area contributed by atoms with Crippen molar-refractivity contribution in [1.82, 2.24) is 0 Å². The van der Waals surface area contributed by atoms with Crippen molar-refractivity contribution in [3.05, 3.63) is 59.7 Å². The van der Waals surface area contributed by atoms with Crippen molar-refractivity contribution in [2.24, 2.45) is 0 Å². The van der Waals surface area contributed by atoms with Gasteiger partial charge in [-0.15, -0.1) is 0 Å². The van der Waals surface area contributed by atoms with E-state index in [4.69, 9.17) is 5.73 Å². The summed E-state index contributed by atoms with van der Waals surface area (Å²) in [5.41, 5.74) is 6.49. The lowest BCUT2D eigenvalue weighted by molar-refractivity contribution is -0.137. The smallest absolute Gasteiger partial charge is 0.397 e. The van der Waals surface area contributed by atoms with E-state index in [0.717, 1.165) is 17.7 Å². The molecule has 19 heavy (non-hydrogen) atoms. The molecule has 2 rings (SSSR count). The average Bonchev–Trinajstić information content (AvgIpc) is 2.37. The zero-order valence-corrected chi connectivity index (χ0v) is 10.0. The lowest BCUT2D eigenvalue weighted by Gasteiger charge is -2.12. The minimum atomic E-state index is -4.37.